The molecule has 0 spiro atoms. The molecule has 0 saturated carbocycles. The Kier molecular flexibility index (Phi) is 6.34. The number of nitrogens with one attached hydrogen (secondary N) is 1. The van der Waals surface area contributed by atoms with E-state index >= 15 is 0 Å². The van der Waals surface area contributed by atoms with Crippen LogP contribution in [0.2, 0.25) is 0 Å². The molecule has 0 aliphatic heterocycles. The first-order valence-corrected chi connectivity index (χ1v) is 7.92. The number of fused-ring (bicyclic) bond motifs is 1. The molecule has 1 aromatic carbocycles. The third-order valence-corrected chi connectivity index (χ3v) is 3.81. The van der Waals surface area contributed by atoms with Crippen molar-refractivity contribution in [3.8, 4) is 5.75 Å². The SMILES string of the molecule is CCNC1CCCc2c(OCCCOCC)cccc21. The van der Waals surface area contributed by atoms with Gasteiger partial charge in [-0.15, -0.1) is 0 Å². The largest absolute Gasteiger partial charge is 0.493 e. The fourth-order valence-corrected chi connectivity index (χ4v) is 2.90. The van der Waals surface area contributed by atoms with Crippen LogP contribution in [0.1, 0.15) is 50.3 Å². The Morgan fingerprint density at radius 3 is 2.95 bits per heavy atom. The predicted molar refractivity (Wildman–Crippen MR) is 82.4 cm³/mol. The molecule has 1 aromatic rings. The Labute approximate surface area is 122 Å². The highest BCUT2D eigenvalue weighted by atomic mass is 16.5. The maximum Gasteiger partial charge on any atom is 0.122 e. The number of benzene rings is 1. The minimum atomic E-state index is 0.496. The summed E-state index contributed by atoms with van der Waals surface area (Å²) in [4.78, 5) is 0. The third kappa shape index (κ3) is 3.97. The number of hydrogen-bond acceptors (Lipinski definition) is 3. The molecule has 0 fully saturated rings. The molecule has 1 aliphatic rings. The molecular weight excluding hydrogens is 250 g/mol. The van der Waals surface area contributed by atoms with Crippen LogP contribution in [0.15, 0.2) is 18.2 Å². The average molecular weight is 277 g/mol. The van der Waals surface area contributed by atoms with Crippen LogP contribution in [-0.2, 0) is 11.2 Å². The van der Waals surface area contributed by atoms with Crippen molar-refractivity contribution < 1.29 is 9.47 Å². The minimum absolute atomic E-state index is 0.496. The number of hydrogen-bond donors (Lipinski definition) is 1. The normalized spacial score (nSPS) is 17.8. The van der Waals surface area contributed by atoms with Gasteiger partial charge in [-0.25, -0.2) is 0 Å². The van der Waals surface area contributed by atoms with Crippen LogP contribution in [0.4, 0.5) is 0 Å². The van der Waals surface area contributed by atoms with Crippen LogP contribution in [0.5, 0.6) is 5.75 Å². The molecule has 3 nitrogen and oxygen atoms in total. The molecule has 0 saturated heterocycles. The van der Waals surface area contributed by atoms with Crippen molar-refractivity contribution in [2.45, 2.75) is 45.6 Å². The lowest BCUT2D eigenvalue weighted by atomic mass is 9.87. The zero-order valence-electron chi connectivity index (χ0n) is 12.8. The van der Waals surface area contributed by atoms with Crippen LogP contribution in [-0.4, -0.2) is 26.4 Å². The van der Waals surface area contributed by atoms with E-state index in [2.05, 4.69) is 30.4 Å². The second kappa shape index (κ2) is 8.28. The number of rotatable bonds is 8. The molecule has 1 N–H and O–H groups in total. The Hall–Kier alpha value is -1.06. The molecule has 0 bridgehead atoms. The first kappa shape index (κ1) is 15.3. The standard InChI is InChI=1S/C17H27NO2/c1-3-18-16-10-5-9-15-14(16)8-6-11-17(15)20-13-7-12-19-4-2/h6,8,11,16,18H,3-5,7,9-10,12-13H2,1-2H3. The molecule has 0 heterocycles. The lowest BCUT2D eigenvalue weighted by molar-refractivity contribution is 0.130. The molecule has 20 heavy (non-hydrogen) atoms. The van der Waals surface area contributed by atoms with Crippen molar-refractivity contribution in [1.82, 2.24) is 5.32 Å². The highest BCUT2D eigenvalue weighted by Gasteiger charge is 2.21. The average Bonchev–Trinajstić information content (AvgIpc) is 2.48. The first-order chi connectivity index (χ1) is 9.86. The van der Waals surface area contributed by atoms with Crippen molar-refractivity contribution in [3.63, 3.8) is 0 Å². The fourth-order valence-electron chi connectivity index (χ4n) is 2.90. The van der Waals surface area contributed by atoms with E-state index in [9.17, 15) is 0 Å². The van der Waals surface area contributed by atoms with Gasteiger partial charge in [-0.1, -0.05) is 19.1 Å². The van der Waals surface area contributed by atoms with E-state index in [0.717, 1.165) is 45.0 Å². The van der Waals surface area contributed by atoms with Gasteiger partial charge in [-0.2, -0.15) is 0 Å². The van der Waals surface area contributed by atoms with Gasteiger partial charge < -0.3 is 14.8 Å². The van der Waals surface area contributed by atoms with E-state index in [-0.39, 0.29) is 0 Å². The molecule has 1 aliphatic carbocycles. The van der Waals surface area contributed by atoms with Gasteiger partial charge in [0.05, 0.1) is 6.61 Å². The van der Waals surface area contributed by atoms with Gasteiger partial charge in [-0.3, -0.25) is 0 Å². The fraction of sp³-hybridized carbons (Fsp3) is 0.647. The van der Waals surface area contributed by atoms with Gasteiger partial charge in [0.1, 0.15) is 5.75 Å². The van der Waals surface area contributed by atoms with Gasteiger partial charge in [0, 0.05) is 25.7 Å². The molecule has 0 radical (unpaired) electrons. The number of ether oxygens (including phenoxy) is 2. The summed E-state index contributed by atoms with van der Waals surface area (Å²) in [5, 5.41) is 3.58. The molecule has 112 valence electrons. The highest BCUT2D eigenvalue weighted by Crippen LogP contribution is 2.35. The third-order valence-electron chi connectivity index (χ3n) is 3.81. The Morgan fingerprint density at radius 2 is 2.15 bits per heavy atom. The molecule has 0 amide bonds. The molecule has 0 aromatic heterocycles. The summed E-state index contributed by atoms with van der Waals surface area (Å²) < 4.78 is 11.3. The van der Waals surface area contributed by atoms with Crippen molar-refractivity contribution in [2.24, 2.45) is 0 Å². The zero-order chi connectivity index (χ0) is 14.2. The van der Waals surface area contributed by atoms with E-state index in [1.165, 1.54) is 24.0 Å². The topological polar surface area (TPSA) is 30.5 Å². The molecule has 1 unspecified atom stereocenters. The summed E-state index contributed by atoms with van der Waals surface area (Å²) in [6, 6.07) is 6.96. The Bertz CT molecular complexity index is 406. The molecule has 2 rings (SSSR count). The summed E-state index contributed by atoms with van der Waals surface area (Å²) in [6.45, 7) is 7.51. The second-order valence-corrected chi connectivity index (χ2v) is 5.23. The summed E-state index contributed by atoms with van der Waals surface area (Å²) in [5.74, 6) is 1.07. The maximum atomic E-state index is 5.97. The molecule has 1 atom stereocenters. The molecular formula is C17H27NO2. The lowest BCUT2D eigenvalue weighted by Crippen LogP contribution is -2.25. The van der Waals surface area contributed by atoms with Gasteiger partial charge in [0.15, 0.2) is 0 Å². The smallest absolute Gasteiger partial charge is 0.122 e. The van der Waals surface area contributed by atoms with Crippen molar-refractivity contribution in [2.75, 3.05) is 26.4 Å². The van der Waals surface area contributed by atoms with Crippen LogP contribution in [0, 0.1) is 0 Å². The van der Waals surface area contributed by atoms with E-state index in [1.807, 2.05) is 6.92 Å². The molecule has 3 heteroatoms. The summed E-state index contributed by atoms with van der Waals surface area (Å²) in [6.07, 6.45) is 4.56. The Balaban J connectivity index is 1.98. The van der Waals surface area contributed by atoms with Crippen molar-refractivity contribution >= 4 is 0 Å². The summed E-state index contributed by atoms with van der Waals surface area (Å²) in [7, 11) is 0. The van der Waals surface area contributed by atoms with E-state index < -0.39 is 0 Å². The lowest BCUT2D eigenvalue weighted by Gasteiger charge is -2.27. The maximum absolute atomic E-state index is 5.97. The highest BCUT2D eigenvalue weighted by molar-refractivity contribution is 5.43. The van der Waals surface area contributed by atoms with E-state index in [4.69, 9.17) is 9.47 Å². The predicted octanol–water partition coefficient (Wildman–Crippen LogP) is 3.48. The monoisotopic (exact) mass is 277 g/mol. The van der Waals surface area contributed by atoms with E-state index in [1.54, 1.807) is 0 Å². The van der Waals surface area contributed by atoms with Crippen LogP contribution in [0.25, 0.3) is 0 Å². The quantitative estimate of drug-likeness (QED) is 0.738. The van der Waals surface area contributed by atoms with Gasteiger partial charge in [0.25, 0.3) is 0 Å². The van der Waals surface area contributed by atoms with Crippen molar-refractivity contribution in [1.29, 1.82) is 0 Å². The van der Waals surface area contributed by atoms with Crippen LogP contribution >= 0.6 is 0 Å². The van der Waals surface area contributed by atoms with Crippen LogP contribution in [0.3, 0.4) is 0 Å². The minimum Gasteiger partial charge on any atom is -0.493 e. The Morgan fingerprint density at radius 1 is 1.25 bits per heavy atom. The van der Waals surface area contributed by atoms with Gasteiger partial charge >= 0.3 is 0 Å². The van der Waals surface area contributed by atoms with Crippen LogP contribution < -0.4 is 10.1 Å². The summed E-state index contributed by atoms with van der Waals surface area (Å²) in [5.41, 5.74) is 2.83. The summed E-state index contributed by atoms with van der Waals surface area (Å²) >= 11 is 0. The van der Waals surface area contributed by atoms with Gasteiger partial charge in [-0.05, 0) is 49.9 Å². The first-order valence-electron chi connectivity index (χ1n) is 7.92. The van der Waals surface area contributed by atoms with Gasteiger partial charge in [0.2, 0.25) is 0 Å². The second-order valence-electron chi connectivity index (χ2n) is 5.23. The van der Waals surface area contributed by atoms with E-state index in [0.29, 0.717) is 6.04 Å². The van der Waals surface area contributed by atoms with Crippen molar-refractivity contribution in [3.05, 3.63) is 29.3 Å². The zero-order valence-corrected chi connectivity index (χ0v) is 12.8.